The van der Waals surface area contributed by atoms with Crippen molar-refractivity contribution in [3.05, 3.63) is 29.3 Å². The Labute approximate surface area is 91.5 Å². The van der Waals surface area contributed by atoms with Gasteiger partial charge in [-0.05, 0) is 38.1 Å². The first-order chi connectivity index (χ1) is 7.25. The fourth-order valence-corrected chi connectivity index (χ4v) is 2.89. The Balaban J connectivity index is 2.02. The molecule has 1 atom stereocenters. The summed E-state index contributed by atoms with van der Waals surface area (Å²) >= 11 is 0. The van der Waals surface area contributed by atoms with E-state index in [9.17, 15) is 0 Å². The predicted molar refractivity (Wildman–Crippen MR) is 63.5 cm³/mol. The second-order valence-electron chi connectivity index (χ2n) is 4.94. The van der Waals surface area contributed by atoms with E-state index in [1.807, 2.05) is 0 Å². The molecule has 0 bridgehead atoms. The van der Waals surface area contributed by atoms with E-state index >= 15 is 0 Å². The van der Waals surface area contributed by atoms with E-state index in [1.165, 1.54) is 25.9 Å². The van der Waals surface area contributed by atoms with Gasteiger partial charge in [0.05, 0.1) is 0 Å². The topological polar surface area (TPSA) is 6.48 Å². The van der Waals surface area contributed by atoms with Crippen LogP contribution >= 0.6 is 0 Å². The summed E-state index contributed by atoms with van der Waals surface area (Å²) in [6.45, 7) is 2.42. The van der Waals surface area contributed by atoms with Gasteiger partial charge in [0.15, 0.2) is 0 Å². The zero-order valence-corrected chi connectivity index (χ0v) is 9.53. The normalized spacial score (nSPS) is 23.4. The summed E-state index contributed by atoms with van der Waals surface area (Å²) in [5.74, 6) is 0. The van der Waals surface area contributed by atoms with Gasteiger partial charge in [-0.2, -0.15) is 0 Å². The monoisotopic (exact) mass is 202 g/mol. The van der Waals surface area contributed by atoms with Crippen LogP contribution in [0.1, 0.15) is 11.1 Å². The Morgan fingerprint density at radius 1 is 1.27 bits per heavy atom. The Morgan fingerprint density at radius 3 is 2.87 bits per heavy atom. The highest BCUT2D eigenvalue weighted by atomic mass is 15.2. The van der Waals surface area contributed by atoms with Crippen LogP contribution in [-0.4, -0.2) is 38.1 Å². The van der Waals surface area contributed by atoms with E-state index in [0.717, 1.165) is 0 Å². The molecule has 15 heavy (non-hydrogen) atoms. The van der Waals surface area contributed by atoms with E-state index in [-0.39, 0.29) is 0 Å². The smallest absolute Gasteiger partial charge is 0.0433 e. The molecule has 0 fully saturated rings. The zero-order chi connectivity index (χ0) is 10.4. The average Bonchev–Trinajstić information content (AvgIpc) is 2.64. The summed E-state index contributed by atoms with van der Waals surface area (Å²) < 4.78 is 0. The van der Waals surface area contributed by atoms with Crippen molar-refractivity contribution in [2.24, 2.45) is 0 Å². The fraction of sp³-hybridized carbons (Fsp3) is 0.538. The van der Waals surface area contributed by atoms with E-state index in [2.05, 4.69) is 42.1 Å². The molecule has 1 unspecified atom stereocenters. The van der Waals surface area contributed by atoms with E-state index in [4.69, 9.17) is 0 Å². The molecule has 2 aliphatic heterocycles. The van der Waals surface area contributed by atoms with Crippen LogP contribution in [0.2, 0.25) is 0 Å². The van der Waals surface area contributed by atoms with Gasteiger partial charge in [0.2, 0.25) is 0 Å². The number of para-hydroxylation sites is 1. The van der Waals surface area contributed by atoms with Crippen LogP contribution in [-0.2, 0) is 12.8 Å². The molecule has 0 aliphatic carbocycles. The molecule has 0 saturated carbocycles. The highest BCUT2D eigenvalue weighted by molar-refractivity contribution is 5.65. The lowest BCUT2D eigenvalue weighted by Gasteiger charge is -2.36. The van der Waals surface area contributed by atoms with Crippen LogP contribution < -0.4 is 4.90 Å². The molecule has 0 amide bonds. The van der Waals surface area contributed by atoms with Crippen LogP contribution in [0, 0.1) is 0 Å². The molecule has 0 aromatic heterocycles. The lowest BCUT2D eigenvalue weighted by molar-refractivity contribution is 0.287. The summed E-state index contributed by atoms with van der Waals surface area (Å²) in [6.07, 6.45) is 2.45. The minimum Gasteiger partial charge on any atom is -0.369 e. The molecule has 2 heteroatoms. The molecule has 0 saturated heterocycles. The lowest BCUT2D eigenvalue weighted by Crippen LogP contribution is -2.44. The SMILES string of the molecule is CN(C)C1Cc2cccc3c2N(CC3)C1. The number of hydrogen-bond donors (Lipinski definition) is 0. The van der Waals surface area contributed by atoms with Crippen molar-refractivity contribution in [3.8, 4) is 0 Å². The molecule has 80 valence electrons. The van der Waals surface area contributed by atoms with E-state index < -0.39 is 0 Å². The highest BCUT2D eigenvalue weighted by Gasteiger charge is 2.30. The molecule has 0 spiro atoms. The van der Waals surface area contributed by atoms with Gasteiger partial charge in [0, 0.05) is 24.8 Å². The van der Waals surface area contributed by atoms with Crippen molar-refractivity contribution in [2.45, 2.75) is 18.9 Å². The molecule has 1 aromatic carbocycles. The molecular formula is C13H18N2. The average molecular weight is 202 g/mol. The van der Waals surface area contributed by atoms with Gasteiger partial charge in [0.1, 0.15) is 0 Å². The molecule has 2 heterocycles. The number of likely N-dealkylation sites (N-methyl/N-ethyl adjacent to an activating group) is 1. The standard InChI is InChI=1S/C13H18N2/c1-14(2)12-8-11-5-3-4-10-6-7-15(9-12)13(10)11/h3-5,12H,6-9H2,1-2H3. The Hall–Kier alpha value is -1.02. The number of anilines is 1. The zero-order valence-electron chi connectivity index (χ0n) is 9.53. The van der Waals surface area contributed by atoms with Crippen molar-refractivity contribution < 1.29 is 0 Å². The van der Waals surface area contributed by atoms with Gasteiger partial charge in [-0.1, -0.05) is 18.2 Å². The Kier molecular flexibility index (Phi) is 1.99. The minimum atomic E-state index is 0.686. The van der Waals surface area contributed by atoms with Crippen molar-refractivity contribution in [1.82, 2.24) is 4.90 Å². The first-order valence-corrected chi connectivity index (χ1v) is 5.78. The van der Waals surface area contributed by atoms with Crippen molar-refractivity contribution >= 4 is 5.69 Å². The number of nitrogens with zero attached hydrogens (tertiary/aromatic N) is 2. The van der Waals surface area contributed by atoms with Gasteiger partial charge in [-0.25, -0.2) is 0 Å². The summed E-state index contributed by atoms with van der Waals surface area (Å²) in [5, 5.41) is 0. The largest absolute Gasteiger partial charge is 0.369 e. The van der Waals surface area contributed by atoms with Crippen LogP contribution in [0.4, 0.5) is 5.69 Å². The first kappa shape index (κ1) is 9.22. The molecule has 2 nitrogen and oxygen atoms in total. The van der Waals surface area contributed by atoms with Gasteiger partial charge in [0.25, 0.3) is 0 Å². The van der Waals surface area contributed by atoms with E-state index in [0.29, 0.717) is 6.04 Å². The molecular weight excluding hydrogens is 184 g/mol. The van der Waals surface area contributed by atoms with Crippen molar-refractivity contribution in [1.29, 1.82) is 0 Å². The van der Waals surface area contributed by atoms with Crippen LogP contribution in [0.15, 0.2) is 18.2 Å². The van der Waals surface area contributed by atoms with Gasteiger partial charge in [-0.3, -0.25) is 0 Å². The first-order valence-electron chi connectivity index (χ1n) is 5.78. The van der Waals surface area contributed by atoms with Gasteiger partial charge < -0.3 is 9.80 Å². The minimum absolute atomic E-state index is 0.686. The summed E-state index contributed by atoms with van der Waals surface area (Å²) in [6, 6.07) is 7.49. The fourth-order valence-electron chi connectivity index (χ4n) is 2.89. The second-order valence-corrected chi connectivity index (χ2v) is 4.94. The van der Waals surface area contributed by atoms with Crippen molar-refractivity contribution in [3.63, 3.8) is 0 Å². The quantitative estimate of drug-likeness (QED) is 0.681. The van der Waals surface area contributed by atoms with Crippen LogP contribution in [0.25, 0.3) is 0 Å². The summed E-state index contributed by atoms with van der Waals surface area (Å²) in [4.78, 5) is 4.92. The maximum absolute atomic E-state index is 2.57. The van der Waals surface area contributed by atoms with Crippen LogP contribution in [0.5, 0.6) is 0 Å². The predicted octanol–water partition coefficient (Wildman–Crippen LogP) is 1.54. The Morgan fingerprint density at radius 2 is 2.07 bits per heavy atom. The highest BCUT2D eigenvalue weighted by Crippen LogP contribution is 2.36. The number of rotatable bonds is 1. The second kappa shape index (κ2) is 3.24. The summed E-state index contributed by atoms with van der Waals surface area (Å²) in [7, 11) is 4.38. The summed E-state index contributed by atoms with van der Waals surface area (Å²) in [5.41, 5.74) is 4.66. The maximum Gasteiger partial charge on any atom is 0.0433 e. The Bertz CT molecular complexity index is 384. The van der Waals surface area contributed by atoms with Crippen LogP contribution in [0.3, 0.4) is 0 Å². The molecule has 3 rings (SSSR count). The van der Waals surface area contributed by atoms with Gasteiger partial charge in [-0.15, -0.1) is 0 Å². The third-order valence-electron chi connectivity index (χ3n) is 3.79. The molecule has 1 aromatic rings. The molecule has 0 radical (unpaired) electrons. The van der Waals surface area contributed by atoms with E-state index in [1.54, 1.807) is 16.8 Å². The third-order valence-corrected chi connectivity index (χ3v) is 3.79. The lowest BCUT2D eigenvalue weighted by atomic mass is 9.96. The van der Waals surface area contributed by atoms with Crippen molar-refractivity contribution in [2.75, 3.05) is 32.1 Å². The molecule has 2 aliphatic rings. The number of hydrogen-bond acceptors (Lipinski definition) is 2. The van der Waals surface area contributed by atoms with Gasteiger partial charge >= 0.3 is 0 Å². The number of benzene rings is 1. The third kappa shape index (κ3) is 1.36. The molecule has 0 N–H and O–H groups in total. The maximum atomic E-state index is 2.57.